The highest BCUT2D eigenvalue weighted by Crippen LogP contribution is 2.27. The van der Waals surface area contributed by atoms with Gasteiger partial charge < -0.3 is 10.3 Å². The van der Waals surface area contributed by atoms with Gasteiger partial charge in [0.15, 0.2) is 5.82 Å². The van der Waals surface area contributed by atoms with Gasteiger partial charge in [0.05, 0.1) is 33.0 Å². The largest absolute Gasteiger partial charge is 0.359 e. The Kier molecular flexibility index (Phi) is 5.20. The summed E-state index contributed by atoms with van der Waals surface area (Å²) in [5, 5.41) is 5.03. The minimum atomic E-state index is -0.310. The molecule has 0 fully saturated rings. The topological polar surface area (TPSA) is 101 Å². The standard InChI is InChI=1S/C23H20ClN7O/c1-2-17(28-21-15-11-12-25-20(15)26-13-27-21)22-29-18-10-6-9-16(24)19(18)23(32)31(22)30-14-7-4-3-5-8-14/h3-13,17,30H,2H2,1H3,(H2,25,26,27,28). The lowest BCUT2D eigenvalue weighted by Gasteiger charge is -2.23. The molecular formula is C23H20ClN7O. The van der Waals surface area contributed by atoms with Crippen molar-refractivity contribution in [3.8, 4) is 0 Å². The van der Waals surface area contributed by atoms with Crippen LogP contribution in [0.25, 0.3) is 21.9 Å². The summed E-state index contributed by atoms with van der Waals surface area (Å²) in [6.07, 6.45) is 3.97. The van der Waals surface area contributed by atoms with Crippen molar-refractivity contribution in [2.45, 2.75) is 19.4 Å². The Hall–Kier alpha value is -3.91. The average molecular weight is 446 g/mol. The number of nitrogens with one attached hydrogen (secondary N) is 3. The Bertz CT molecular complexity index is 1460. The molecule has 8 nitrogen and oxygen atoms in total. The van der Waals surface area contributed by atoms with Crippen LogP contribution in [0.5, 0.6) is 0 Å². The molecule has 5 aromatic rings. The molecule has 0 radical (unpaired) electrons. The van der Waals surface area contributed by atoms with Crippen LogP contribution in [0.3, 0.4) is 0 Å². The number of fused-ring (bicyclic) bond motifs is 2. The van der Waals surface area contributed by atoms with Crippen LogP contribution in [0.15, 0.2) is 71.9 Å². The van der Waals surface area contributed by atoms with Gasteiger partial charge in [0.1, 0.15) is 17.8 Å². The van der Waals surface area contributed by atoms with Crippen LogP contribution in [0.2, 0.25) is 5.02 Å². The van der Waals surface area contributed by atoms with Crippen molar-refractivity contribution < 1.29 is 0 Å². The number of rotatable bonds is 6. The second-order valence-electron chi connectivity index (χ2n) is 7.29. The van der Waals surface area contributed by atoms with Crippen molar-refractivity contribution in [1.82, 2.24) is 24.6 Å². The van der Waals surface area contributed by atoms with E-state index in [1.54, 1.807) is 18.2 Å². The Labute approximate surface area is 188 Å². The first-order valence-corrected chi connectivity index (χ1v) is 10.6. The number of aromatic amines is 1. The van der Waals surface area contributed by atoms with Gasteiger partial charge in [-0.15, -0.1) is 0 Å². The maximum Gasteiger partial charge on any atom is 0.281 e. The van der Waals surface area contributed by atoms with Crippen molar-refractivity contribution >= 4 is 45.0 Å². The summed E-state index contributed by atoms with van der Waals surface area (Å²) in [6.45, 7) is 2.02. The molecule has 1 unspecified atom stereocenters. The molecule has 0 amide bonds. The van der Waals surface area contributed by atoms with Gasteiger partial charge in [-0.05, 0) is 36.8 Å². The van der Waals surface area contributed by atoms with E-state index in [9.17, 15) is 4.79 Å². The second-order valence-corrected chi connectivity index (χ2v) is 7.70. The Morgan fingerprint density at radius 3 is 2.75 bits per heavy atom. The molecule has 0 bridgehead atoms. The van der Waals surface area contributed by atoms with Crippen LogP contribution < -0.4 is 16.3 Å². The van der Waals surface area contributed by atoms with Gasteiger partial charge in [0.2, 0.25) is 0 Å². The fourth-order valence-electron chi connectivity index (χ4n) is 3.69. The number of hydrogen-bond acceptors (Lipinski definition) is 6. The quantitative estimate of drug-likeness (QED) is 0.348. The monoisotopic (exact) mass is 445 g/mol. The highest BCUT2D eigenvalue weighted by molar-refractivity contribution is 6.35. The van der Waals surface area contributed by atoms with Crippen LogP contribution in [0.4, 0.5) is 11.5 Å². The number of anilines is 2. The summed E-state index contributed by atoms with van der Waals surface area (Å²) < 4.78 is 1.46. The molecule has 0 aliphatic carbocycles. The van der Waals surface area contributed by atoms with Gasteiger partial charge in [-0.25, -0.2) is 19.6 Å². The molecule has 160 valence electrons. The summed E-state index contributed by atoms with van der Waals surface area (Å²) in [6, 6.07) is 16.4. The molecule has 0 saturated carbocycles. The molecular weight excluding hydrogens is 426 g/mol. The summed E-state index contributed by atoms with van der Waals surface area (Å²) in [5.74, 6) is 1.19. The first kappa shape index (κ1) is 20.0. The summed E-state index contributed by atoms with van der Waals surface area (Å²) in [4.78, 5) is 30.1. The Morgan fingerprint density at radius 1 is 1.09 bits per heavy atom. The third kappa shape index (κ3) is 3.54. The van der Waals surface area contributed by atoms with Crippen molar-refractivity contribution in [1.29, 1.82) is 0 Å². The number of benzene rings is 2. The van der Waals surface area contributed by atoms with Crippen LogP contribution in [-0.4, -0.2) is 24.6 Å². The van der Waals surface area contributed by atoms with Gasteiger partial charge in [0, 0.05) is 6.20 Å². The van der Waals surface area contributed by atoms with Crippen LogP contribution in [0.1, 0.15) is 25.2 Å². The highest BCUT2D eigenvalue weighted by atomic mass is 35.5. The Balaban J connectivity index is 1.67. The fraction of sp³-hybridized carbons (Fsp3) is 0.130. The van der Waals surface area contributed by atoms with E-state index in [4.69, 9.17) is 16.6 Å². The fourth-order valence-corrected chi connectivity index (χ4v) is 3.94. The molecule has 0 saturated heterocycles. The number of halogens is 1. The third-order valence-electron chi connectivity index (χ3n) is 5.27. The van der Waals surface area contributed by atoms with Crippen molar-refractivity contribution in [2.75, 3.05) is 10.7 Å². The van der Waals surface area contributed by atoms with E-state index in [0.29, 0.717) is 34.0 Å². The smallest absolute Gasteiger partial charge is 0.281 e. The van der Waals surface area contributed by atoms with Crippen LogP contribution in [-0.2, 0) is 0 Å². The maximum absolute atomic E-state index is 13.5. The minimum absolute atomic E-state index is 0.269. The zero-order valence-corrected chi connectivity index (χ0v) is 18.0. The van der Waals surface area contributed by atoms with E-state index in [2.05, 4.69) is 25.7 Å². The van der Waals surface area contributed by atoms with Gasteiger partial charge in [-0.3, -0.25) is 10.2 Å². The van der Waals surface area contributed by atoms with E-state index in [1.807, 2.05) is 49.5 Å². The van der Waals surface area contributed by atoms with E-state index in [0.717, 1.165) is 16.7 Å². The zero-order valence-electron chi connectivity index (χ0n) is 17.2. The highest BCUT2D eigenvalue weighted by Gasteiger charge is 2.22. The van der Waals surface area contributed by atoms with Crippen LogP contribution >= 0.6 is 11.6 Å². The van der Waals surface area contributed by atoms with E-state index in [1.165, 1.54) is 11.0 Å². The average Bonchev–Trinajstić information content (AvgIpc) is 3.30. The van der Waals surface area contributed by atoms with E-state index in [-0.39, 0.29) is 11.6 Å². The van der Waals surface area contributed by atoms with E-state index < -0.39 is 0 Å². The summed E-state index contributed by atoms with van der Waals surface area (Å²) in [5.41, 5.74) is 4.96. The first-order valence-electron chi connectivity index (χ1n) is 10.2. The molecule has 1 atom stereocenters. The lowest BCUT2D eigenvalue weighted by molar-refractivity contribution is 0.641. The van der Waals surface area contributed by atoms with Crippen molar-refractivity contribution in [2.24, 2.45) is 0 Å². The molecule has 5 rings (SSSR count). The number of H-pyrrole nitrogens is 1. The van der Waals surface area contributed by atoms with Gasteiger partial charge in [0.25, 0.3) is 5.56 Å². The first-order chi connectivity index (χ1) is 15.7. The normalized spacial score (nSPS) is 12.2. The predicted octanol–water partition coefficient (Wildman–Crippen LogP) is 4.76. The molecule has 3 N–H and O–H groups in total. The predicted molar refractivity (Wildman–Crippen MR) is 127 cm³/mol. The lowest BCUT2D eigenvalue weighted by atomic mass is 10.1. The van der Waals surface area contributed by atoms with E-state index >= 15 is 0 Å². The maximum atomic E-state index is 13.5. The summed E-state index contributed by atoms with van der Waals surface area (Å²) >= 11 is 6.37. The molecule has 9 heteroatoms. The number of hydrogen-bond donors (Lipinski definition) is 3. The lowest BCUT2D eigenvalue weighted by Crippen LogP contribution is -2.34. The summed E-state index contributed by atoms with van der Waals surface area (Å²) in [7, 11) is 0. The minimum Gasteiger partial charge on any atom is -0.359 e. The zero-order chi connectivity index (χ0) is 22.1. The number of aromatic nitrogens is 5. The molecule has 0 aliphatic heterocycles. The van der Waals surface area contributed by atoms with Crippen LogP contribution in [0, 0.1) is 0 Å². The Morgan fingerprint density at radius 2 is 1.94 bits per heavy atom. The van der Waals surface area contributed by atoms with Crippen molar-refractivity contribution in [3.63, 3.8) is 0 Å². The molecule has 3 aromatic heterocycles. The number of nitrogens with zero attached hydrogens (tertiary/aromatic N) is 4. The molecule has 2 aromatic carbocycles. The molecule has 0 spiro atoms. The second kappa shape index (κ2) is 8.32. The van der Waals surface area contributed by atoms with Gasteiger partial charge >= 0.3 is 0 Å². The number of para-hydroxylation sites is 1. The van der Waals surface area contributed by atoms with Gasteiger partial charge in [-0.1, -0.05) is 42.8 Å². The molecule has 3 heterocycles. The SMILES string of the molecule is CCC(Nc1ncnc2[nH]ccc12)c1nc2cccc(Cl)c2c(=O)n1Nc1ccccc1. The van der Waals surface area contributed by atoms with Gasteiger partial charge in [-0.2, -0.15) is 0 Å². The van der Waals surface area contributed by atoms with Crippen molar-refractivity contribution in [3.05, 3.63) is 88.3 Å². The molecule has 0 aliphatic rings. The molecule has 32 heavy (non-hydrogen) atoms. The third-order valence-corrected chi connectivity index (χ3v) is 5.59.